The van der Waals surface area contributed by atoms with E-state index in [1.54, 1.807) is 0 Å². The van der Waals surface area contributed by atoms with Gasteiger partial charge in [0.1, 0.15) is 0 Å². The van der Waals surface area contributed by atoms with Gasteiger partial charge < -0.3 is 16.8 Å². The minimum absolute atomic E-state index is 0.704. The number of rotatable bonds is 9. The zero-order valence-corrected chi connectivity index (χ0v) is 8.47. The molecule has 0 fully saturated rings. The summed E-state index contributed by atoms with van der Waals surface area (Å²) in [5.41, 5.74) is 11.0. The quantitative estimate of drug-likeness (QED) is 0.406. The first-order valence-corrected chi connectivity index (χ1v) is 4.97. The third-order valence-corrected chi connectivity index (χ3v) is 1.85. The van der Waals surface area contributed by atoms with Crippen LogP contribution in [0.4, 0.5) is 0 Å². The molecule has 0 bridgehead atoms. The molecular formula is C9H23N4. The van der Waals surface area contributed by atoms with Gasteiger partial charge in [-0.05, 0) is 13.0 Å². The molecule has 0 saturated carbocycles. The van der Waals surface area contributed by atoms with Crippen molar-refractivity contribution in [3.8, 4) is 0 Å². The Balaban J connectivity index is 3.33. The van der Waals surface area contributed by atoms with E-state index in [-0.39, 0.29) is 0 Å². The average molecular weight is 187 g/mol. The number of nitrogens with zero attached hydrogens (tertiary/aromatic N) is 1. The van der Waals surface area contributed by atoms with Crippen LogP contribution >= 0.6 is 0 Å². The Morgan fingerprint density at radius 3 is 2.08 bits per heavy atom. The fourth-order valence-electron chi connectivity index (χ4n) is 1.19. The number of nitrogens with one attached hydrogen (secondary N) is 1. The van der Waals surface area contributed by atoms with Crippen LogP contribution in [0.25, 0.3) is 0 Å². The summed E-state index contributed by atoms with van der Waals surface area (Å²) in [6.07, 6.45) is 0.938. The average Bonchev–Trinajstić information content (AvgIpc) is 2.13. The Labute approximate surface area is 81.6 Å². The van der Waals surface area contributed by atoms with Gasteiger partial charge in [0.15, 0.2) is 0 Å². The summed E-state index contributed by atoms with van der Waals surface area (Å²) in [4.78, 5) is 2.27. The molecule has 0 heterocycles. The molecule has 0 rings (SSSR count). The van der Waals surface area contributed by atoms with Crippen LogP contribution in [0.3, 0.4) is 0 Å². The van der Waals surface area contributed by atoms with Crippen molar-refractivity contribution in [3.63, 3.8) is 0 Å². The molecule has 0 aliphatic rings. The van der Waals surface area contributed by atoms with Crippen molar-refractivity contribution in [2.24, 2.45) is 11.5 Å². The van der Waals surface area contributed by atoms with E-state index < -0.39 is 0 Å². The third kappa shape index (κ3) is 8.18. The van der Waals surface area contributed by atoms with Gasteiger partial charge in [0, 0.05) is 39.3 Å². The maximum atomic E-state index is 5.48. The Hall–Kier alpha value is -0.160. The molecule has 0 spiro atoms. The van der Waals surface area contributed by atoms with Gasteiger partial charge in [0.2, 0.25) is 0 Å². The summed E-state index contributed by atoms with van der Waals surface area (Å²) >= 11 is 0. The molecule has 0 aromatic heterocycles. The van der Waals surface area contributed by atoms with Crippen LogP contribution in [0.1, 0.15) is 6.42 Å². The van der Waals surface area contributed by atoms with Crippen molar-refractivity contribution in [1.82, 2.24) is 10.2 Å². The number of hydrogen-bond donors (Lipinski definition) is 3. The van der Waals surface area contributed by atoms with Gasteiger partial charge in [0.25, 0.3) is 0 Å². The topological polar surface area (TPSA) is 67.3 Å². The summed E-state index contributed by atoms with van der Waals surface area (Å²) in [5.74, 6) is 0. The molecule has 79 valence electrons. The zero-order chi connectivity index (χ0) is 9.94. The first-order valence-electron chi connectivity index (χ1n) is 4.97. The van der Waals surface area contributed by atoms with E-state index in [2.05, 4.69) is 17.1 Å². The molecular weight excluding hydrogens is 164 g/mol. The van der Waals surface area contributed by atoms with Crippen LogP contribution < -0.4 is 16.8 Å². The fourth-order valence-corrected chi connectivity index (χ4v) is 1.19. The first kappa shape index (κ1) is 12.8. The van der Waals surface area contributed by atoms with Crippen LogP contribution in [0.2, 0.25) is 0 Å². The number of hydrogen-bond acceptors (Lipinski definition) is 4. The molecule has 13 heavy (non-hydrogen) atoms. The van der Waals surface area contributed by atoms with Crippen molar-refractivity contribution >= 4 is 0 Å². The lowest BCUT2D eigenvalue weighted by atomic mass is 10.4. The highest BCUT2D eigenvalue weighted by molar-refractivity contribution is 4.60. The van der Waals surface area contributed by atoms with Crippen LogP contribution in [0.5, 0.6) is 0 Å². The second kappa shape index (κ2) is 9.92. The van der Waals surface area contributed by atoms with Crippen molar-refractivity contribution < 1.29 is 0 Å². The van der Waals surface area contributed by atoms with E-state index in [0.717, 1.165) is 39.1 Å². The summed E-state index contributed by atoms with van der Waals surface area (Å²) in [6, 6.07) is 0. The molecule has 5 N–H and O–H groups in total. The molecule has 0 atom stereocenters. The van der Waals surface area contributed by atoms with Crippen molar-refractivity contribution in [3.05, 3.63) is 6.92 Å². The van der Waals surface area contributed by atoms with Gasteiger partial charge in [0.05, 0.1) is 0 Å². The molecule has 0 aromatic carbocycles. The van der Waals surface area contributed by atoms with E-state index in [1.165, 1.54) is 0 Å². The summed E-state index contributed by atoms with van der Waals surface area (Å²) in [6.45, 7) is 10.0. The lowest BCUT2D eigenvalue weighted by molar-refractivity contribution is 0.288. The highest BCUT2D eigenvalue weighted by Crippen LogP contribution is 1.83. The van der Waals surface area contributed by atoms with E-state index in [0.29, 0.717) is 13.1 Å². The van der Waals surface area contributed by atoms with Gasteiger partial charge in [-0.2, -0.15) is 0 Å². The van der Waals surface area contributed by atoms with E-state index in [9.17, 15) is 0 Å². The van der Waals surface area contributed by atoms with Crippen molar-refractivity contribution in [2.45, 2.75) is 6.42 Å². The van der Waals surface area contributed by atoms with Gasteiger partial charge >= 0.3 is 0 Å². The van der Waals surface area contributed by atoms with Crippen LogP contribution in [-0.4, -0.2) is 50.7 Å². The lowest BCUT2D eigenvalue weighted by Crippen LogP contribution is -2.38. The predicted molar refractivity (Wildman–Crippen MR) is 57.4 cm³/mol. The Morgan fingerprint density at radius 2 is 1.62 bits per heavy atom. The monoisotopic (exact) mass is 187 g/mol. The highest BCUT2D eigenvalue weighted by Gasteiger charge is 2.00. The molecule has 4 nitrogen and oxygen atoms in total. The maximum Gasteiger partial charge on any atom is 0.0108 e. The number of nitrogens with two attached hydrogens (primary N) is 2. The first-order chi connectivity index (χ1) is 6.35. The molecule has 0 aromatic rings. The molecule has 0 aliphatic carbocycles. The Bertz CT molecular complexity index is 91.6. The summed E-state index contributed by atoms with van der Waals surface area (Å²) in [5, 5.41) is 3.30. The minimum Gasteiger partial charge on any atom is -0.329 e. The van der Waals surface area contributed by atoms with Crippen molar-refractivity contribution in [1.29, 1.82) is 0 Å². The molecule has 0 amide bonds. The van der Waals surface area contributed by atoms with E-state index >= 15 is 0 Å². The molecule has 0 saturated heterocycles. The second-order valence-electron chi connectivity index (χ2n) is 3.02. The van der Waals surface area contributed by atoms with Gasteiger partial charge in [-0.1, -0.05) is 6.92 Å². The van der Waals surface area contributed by atoms with Gasteiger partial charge in [-0.3, -0.25) is 4.90 Å². The fraction of sp³-hybridized carbons (Fsp3) is 0.889. The normalized spacial score (nSPS) is 11.1. The smallest absolute Gasteiger partial charge is 0.0108 e. The van der Waals surface area contributed by atoms with Crippen LogP contribution in [0, 0.1) is 6.92 Å². The van der Waals surface area contributed by atoms with E-state index in [1.807, 2.05) is 0 Å². The SMILES string of the molecule is [CH2]CCNCCN(CCN)CCN. The Morgan fingerprint density at radius 1 is 1.00 bits per heavy atom. The molecule has 0 aliphatic heterocycles. The molecule has 4 heteroatoms. The predicted octanol–water partition coefficient (Wildman–Crippen LogP) is -0.980. The van der Waals surface area contributed by atoms with Crippen molar-refractivity contribution in [2.75, 3.05) is 45.8 Å². The lowest BCUT2D eigenvalue weighted by Gasteiger charge is -2.20. The summed E-state index contributed by atoms with van der Waals surface area (Å²) in [7, 11) is 0. The van der Waals surface area contributed by atoms with E-state index in [4.69, 9.17) is 11.5 Å². The highest BCUT2D eigenvalue weighted by atomic mass is 15.1. The largest absolute Gasteiger partial charge is 0.329 e. The van der Waals surface area contributed by atoms with Gasteiger partial charge in [-0.25, -0.2) is 0 Å². The second-order valence-corrected chi connectivity index (χ2v) is 3.02. The van der Waals surface area contributed by atoms with Gasteiger partial charge in [-0.15, -0.1) is 0 Å². The molecule has 1 radical (unpaired) electrons. The van der Waals surface area contributed by atoms with Crippen LogP contribution in [-0.2, 0) is 0 Å². The maximum absolute atomic E-state index is 5.48. The third-order valence-electron chi connectivity index (χ3n) is 1.85. The van der Waals surface area contributed by atoms with Crippen LogP contribution in [0.15, 0.2) is 0 Å². The minimum atomic E-state index is 0.704. The Kier molecular flexibility index (Phi) is 9.80. The zero-order valence-electron chi connectivity index (χ0n) is 8.47. The molecule has 0 unspecified atom stereocenters. The standard InChI is InChI=1S/C9H23N4/c1-2-5-12-6-9-13(7-3-10)8-4-11/h12H,1-11H2. The summed E-state index contributed by atoms with van der Waals surface area (Å²) < 4.78 is 0.